The summed E-state index contributed by atoms with van der Waals surface area (Å²) in [5.41, 5.74) is 1.06. The predicted octanol–water partition coefficient (Wildman–Crippen LogP) is 3.21. The van der Waals surface area contributed by atoms with Crippen LogP contribution < -0.4 is 20.9 Å². The lowest BCUT2D eigenvalue weighted by molar-refractivity contribution is -0.142. The van der Waals surface area contributed by atoms with Gasteiger partial charge in [-0.1, -0.05) is 60.1 Å². The number of hydrogen-bond acceptors (Lipinski definition) is 4. The summed E-state index contributed by atoms with van der Waals surface area (Å²) in [5, 5.41) is 17.7. The topological polar surface area (TPSA) is 128 Å². The highest BCUT2D eigenvalue weighted by Crippen LogP contribution is 2.34. The number of nitrogens with zero attached hydrogens (tertiary/aromatic N) is 1. The van der Waals surface area contributed by atoms with Crippen LogP contribution >= 0.6 is 0 Å². The molecule has 1 heterocycles. The van der Waals surface area contributed by atoms with Gasteiger partial charge in [0.25, 0.3) is 0 Å². The maximum Gasteiger partial charge on any atom is 0.326 e. The number of carbonyl (C=O) groups is 4. The minimum Gasteiger partial charge on any atom is -0.480 e. The largest absolute Gasteiger partial charge is 0.480 e. The second-order valence-electron chi connectivity index (χ2n) is 9.41. The fourth-order valence-corrected chi connectivity index (χ4v) is 3.96. The van der Waals surface area contributed by atoms with Gasteiger partial charge in [-0.2, -0.15) is 0 Å². The molecule has 1 aliphatic heterocycles. The first-order valence-corrected chi connectivity index (χ1v) is 11.5. The lowest BCUT2D eigenvalue weighted by Crippen LogP contribution is -2.61. The Morgan fingerprint density at radius 1 is 1.09 bits per heavy atom. The SMILES string of the molecule is CC[C@H](C)[C@H](NC(=O)N1c2ccccc2NC(=O)[C@@H]1C(C)C)C(=O)N[C@H](CC(C)C)C(=O)O. The van der Waals surface area contributed by atoms with Gasteiger partial charge < -0.3 is 21.1 Å². The van der Waals surface area contributed by atoms with E-state index in [1.54, 1.807) is 24.3 Å². The normalized spacial score (nSPS) is 18.2. The molecule has 0 aromatic heterocycles. The molecule has 0 unspecified atom stereocenters. The van der Waals surface area contributed by atoms with Crippen LogP contribution in [0.4, 0.5) is 16.2 Å². The molecular formula is C24H36N4O5. The van der Waals surface area contributed by atoms with E-state index in [1.807, 2.05) is 41.5 Å². The molecule has 0 radical (unpaired) electrons. The van der Waals surface area contributed by atoms with E-state index in [-0.39, 0.29) is 30.1 Å². The average molecular weight is 461 g/mol. The molecule has 1 aliphatic rings. The molecule has 0 saturated heterocycles. The minimum atomic E-state index is -1.12. The van der Waals surface area contributed by atoms with Crippen LogP contribution in [-0.4, -0.2) is 47.0 Å². The van der Waals surface area contributed by atoms with Gasteiger partial charge in [-0.25, -0.2) is 9.59 Å². The second-order valence-corrected chi connectivity index (χ2v) is 9.41. The molecule has 0 fully saturated rings. The summed E-state index contributed by atoms with van der Waals surface area (Å²) >= 11 is 0. The number of amides is 4. The zero-order valence-corrected chi connectivity index (χ0v) is 20.2. The smallest absolute Gasteiger partial charge is 0.326 e. The molecule has 0 spiro atoms. The summed E-state index contributed by atoms with van der Waals surface area (Å²) in [6.07, 6.45) is 0.863. The van der Waals surface area contributed by atoms with Crippen molar-refractivity contribution in [2.45, 2.75) is 72.5 Å². The van der Waals surface area contributed by atoms with Crippen LogP contribution in [0.15, 0.2) is 24.3 Å². The van der Waals surface area contributed by atoms with Crippen molar-refractivity contribution in [3.63, 3.8) is 0 Å². The van der Waals surface area contributed by atoms with Crippen molar-refractivity contribution in [3.8, 4) is 0 Å². The maximum atomic E-state index is 13.5. The van der Waals surface area contributed by atoms with E-state index < -0.39 is 36.0 Å². The Bertz CT molecular complexity index is 885. The molecule has 2 rings (SSSR count). The van der Waals surface area contributed by atoms with Crippen LogP contribution in [-0.2, 0) is 14.4 Å². The van der Waals surface area contributed by atoms with Gasteiger partial charge in [-0.15, -0.1) is 0 Å². The molecule has 1 aromatic rings. The fourth-order valence-electron chi connectivity index (χ4n) is 3.96. The lowest BCUT2D eigenvalue weighted by atomic mass is 9.96. The molecule has 4 amide bonds. The third-order valence-corrected chi connectivity index (χ3v) is 5.91. The van der Waals surface area contributed by atoms with Crippen molar-refractivity contribution in [3.05, 3.63) is 24.3 Å². The van der Waals surface area contributed by atoms with Crippen LogP contribution in [0.5, 0.6) is 0 Å². The first kappa shape index (κ1) is 26.2. The van der Waals surface area contributed by atoms with Crippen LogP contribution in [0.3, 0.4) is 0 Å². The number of rotatable bonds is 9. The van der Waals surface area contributed by atoms with E-state index in [2.05, 4.69) is 16.0 Å². The second kappa shape index (κ2) is 11.2. The zero-order valence-electron chi connectivity index (χ0n) is 20.2. The maximum absolute atomic E-state index is 13.5. The third kappa shape index (κ3) is 6.24. The van der Waals surface area contributed by atoms with Gasteiger partial charge in [0.1, 0.15) is 18.1 Å². The van der Waals surface area contributed by atoms with Gasteiger partial charge in [0.2, 0.25) is 11.8 Å². The Morgan fingerprint density at radius 3 is 2.27 bits per heavy atom. The summed E-state index contributed by atoms with van der Waals surface area (Å²) < 4.78 is 0. The summed E-state index contributed by atoms with van der Waals surface area (Å²) in [4.78, 5) is 52.4. The van der Waals surface area contributed by atoms with Crippen LogP contribution in [0.25, 0.3) is 0 Å². The number of para-hydroxylation sites is 2. The molecule has 182 valence electrons. The predicted molar refractivity (Wildman–Crippen MR) is 127 cm³/mol. The number of anilines is 2. The van der Waals surface area contributed by atoms with Crippen LogP contribution in [0.2, 0.25) is 0 Å². The first-order valence-electron chi connectivity index (χ1n) is 11.5. The van der Waals surface area contributed by atoms with Gasteiger partial charge in [0.05, 0.1) is 11.4 Å². The fraction of sp³-hybridized carbons (Fsp3) is 0.583. The van der Waals surface area contributed by atoms with E-state index in [0.29, 0.717) is 17.8 Å². The number of carboxylic acid groups (broad SMARTS) is 1. The van der Waals surface area contributed by atoms with Crippen molar-refractivity contribution in [2.75, 3.05) is 10.2 Å². The lowest BCUT2D eigenvalue weighted by Gasteiger charge is -2.39. The van der Waals surface area contributed by atoms with Gasteiger partial charge in [-0.05, 0) is 36.3 Å². The van der Waals surface area contributed by atoms with Gasteiger partial charge in [-0.3, -0.25) is 14.5 Å². The van der Waals surface area contributed by atoms with E-state index in [4.69, 9.17) is 0 Å². The number of nitrogens with one attached hydrogen (secondary N) is 3. The third-order valence-electron chi connectivity index (χ3n) is 5.91. The summed E-state index contributed by atoms with van der Waals surface area (Å²) in [5.74, 6) is -2.34. The standard InChI is InChI=1S/C24H36N4O5/c1-7-15(6)19(21(29)26-17(23(31)32)12-13(2)3)27-24(33)28-18-11-9-8-10-16(18)25-22(30)20(28)14(4)5/h8-11,13-15,17,19-20H,7,12H2,1-6H3,(H,25,30)(H,26,29)(H,27,33)(H,31,32)/t15-,17+,19-,20-/m0/s1. The molecule has 4 N–H and O–H groups in total. The Kier molecular flexibility index (Phi) is 8.84. The Morgan fingerprint density at radius 2 is 1.73 bits per heavy atom. The Balaban J connectivity index is 2.34. The van der Waals surface area contributed by atoms with E-state index in [0.717, 1.165) is 0 Å². The summed E-state index contributed by atoms with van der Waals surface area (Å²) in [6, 6.07) is 3.65. The van der Waals surface area contributed by atoms with E-state index in [1.165, 1.54) is 4.90 Å². The van der Waals surface area contributed by atoms with E-state index >= 15 is 0 Å². The van der Waals surface area contributed by atoms with Crippen molar-refractivity contribution < 1.29 is 24.3 Å². The summed E-state index contributed by atoms with van der Waals surface area (Å²) in [6.45, 7) is 11.2. The average Bonchev–Trinajstić information content (AvgIpc) is 2.74. The Hall–Kier alpha value is -3.10. The molecular weight excluding hydrogens is 424 g/mol. The number of carboxylic acids is 1. The molecule has 9 nitrogen and oxygen atoms in total. The van der Waals surface area contributed by atoms with Crippen molar-refractivity contribution in [2.24, 2.45) is 17.8 Å². The molecule has 9 heteroatoms. The number of fused-ring (bicyclic) bond motifs is 1. The van der Waals surface area contributed by atoms with Crippen LogP contribution in [0, 0.1) is 17.8 Å². The highest BCUT2D eigenvalue weighted by atomic mass is 16.4. The van der Waals surface area contributed by atoms with Crippen molar-refractivity contribution in [1.82, 2.24) is 10.6 Å². The van der Waals surface area contributed by atoms with Gasteiger partial charge in [0, 0.05) is 0 Å². The molecule has 0 bridgehead atoms. The molecule has 0 saturated carbocycles. The zero-order chi connectivity index (χ0) is 24.9. The van der Waals surface area contributed by atoms with Crippen molar-refractivity contribution >= 4 is 35.2 Å². The Labute approximate surface area is 195 Å². The van der Waals surface area contributed by atoms with Gasteiger partial charge in [0.15, 0.2) is 0 Å². The highest BCUT2D eigenvalue weighted by molar-refractivity contribution is 6.12. The van der Waals surface area contributed by atoms with Crippen LogP contribution in [0.1, 0.15) is 54.4 Å². The number of carbonyl (C=O) groups excluding carboxylic acids is 3. The summed E-state index contributed by atoms with van der Waals surface area (Å²) in [7, 11) is 0. The molecule has 4 atom stereocenters. The molecule has 33 heavy (non-hydrogen) atoms. The highest BCUT2D eigenvalue weighted by Gasteiger charge is 2.40. The quantitative estimate of drug-likeness (QED) is 0.450. The number of hydrogen-bond donors (Lipinski definition) is 4. The minimum absolute atomic E-state index is 0.0678. The van der Waals surface area contributed by atoms with Crippen molar-refractivity contribution in [1.29, 1.82) is 0 Å². The number of aliphatic carboxylic acids is 1. The number of urea groups is 1. The monoisotopic (exact) mass is 460 g/mol. The molecule has 1 aromatic carbocycles. The molecule has 0 aliphatic carbocycles. The van der Waals surface area contributed by atoms with E-state index in [9.17, 15) is 24.3 Å². The first-order chi connectivity index (χ1) is 15.5. The van der Waals surface area contributed by atoms with Gasteiger partial charge >= 0.3 is 12.0 Å². The number of benzene rings is 1.